The summed E-state index contributed by atoms with van der Waals surface area (Å²) in [6, 6.07) is 5.74. The normalized spacial score (nSPS) is 18.0. The van der Waals surface area contributed by atoms with Crippen LogP contribution >= 0.6 is 0 Å². The number of aliphatic carboxylic acids is 1. The summed E-state index contributed by atoms with van der Waals surface area (Å²) in [7, 11) is 0. The number of carbonyl (C=O) groups excluding carboxylic acids is 1. The molecule has 0 saturated carbocycles. The maximum absolute atomic E-state index is 12.8. The summed E-state index contributed by atoms with van der Waals surface area (Å²) >= 11 is 0. The number of carbonyl (C=O) groups is 2. The van der Waals surface area contributed by atoms with Crippen molar-refractivity contribution >= 4 is 11.9 Å². The average Bonchev–Trinajstić information content (AvgIpc) is 3.00. The van der Waals surface area contributed by atoms with E-state index in [2.05, 4.69) is 0 Å². The first kappa shape index (κ1) is 15.0. The van der Waals surface area contributed by atoms with E-state index in [4.69, 9.17) is 9.84 Å². The van der Waals surface area contributed by atoms with Crippen LogP contribution in [-0.4, -0.2) is 47.7 Å². The zero-order valence-corrected chi connectivity index (χ0v) is 12.6. The van der Waals surface area contributed by atoms with Crippen molar-refractivity contribution in [1.82, 2.24) is 4.90 Å². The van der Waals surface area contributed by atoms with Gasteiger partial charge in [-0.2, -0.15) is 0 Å². The maximum Gasteiger partial charge on any atom is 0.323 e. The minimum atomic E-state index is -0.971. The number of rotatable bonds is 4. The van der Waals surface area contributed by atoms with Crippen molar-refractivity contribution in [2.75, 3.05) is 19.8 Å². The summed E-state index contributed by atoms with van der Waals surface area (Å²) in [5.41, 5.74) is 3.15. The summed E-state index contributed by atoms with van der Waals surface area (Å²) in [6.45, 7) is 0.914. The fraction of sp³-hybridized carbons (Fsp3) is 0.529. The molecule has 1 fully saturated rings. The van der Waals surface area contributed by atoms with Crippen LogP contribution in [0.4, 0.5) is 0 Å². The Morgan fingerprint density at radius 3 is 2.64 bits per heavy atom. The van der Waals surface area contributed by atoms with E-state index >= 15 is 0 Å². The van der Waals surface area contributed by atoms with Gasteiger partial charge in [-0.3, -0.25) is 9.59 Å². The molecule has 0 radical (unpaired) electrons. The van der Waals surface area contributed by atoms with Gasteiger partial charge in [0.25, 0.3) is 5.91 Å². The van der Waals surface area contributed by atoms with Crippen LogP contribution in [0.2, 0.25) is 0 Å². The van der Waals surface area contributed by atoms with E-state index in [-0.39, 0.29) is 18.5 Å². The third-order valence-electron chi connectivity index (χ3n) is 4.54. The highest BCUT2D eigenvalue weighted by atomic mass is 16.5. The van der Waals surface area contributed by atoms with Crippen LogP contribution in [-0.2, 0) is 22.4 Å². The van der Waals surface area contributed by atoms with E-state index in [1.165, 1.54) is 16.0 Å². The van der Waals surface area contributed by atoms with Crippen LogP contribution in [0.25, 0.3) is 0 Å². The molecular weight excluding hydrogens is 282 g/mol. The molecule has 1 saturated heterocycles. The van der Waals surface area contributed by atoms with Gasteiger partial charge in [-0.1, -0.05) is 6.07 Å². The summed E-state index contributed by atoms with van der Waals surface area (Å²) < 4.78 is 5.32. The summed E-state index contributed by atoms with van der Waals surface area (Å²) in [6.07, 6.45) is 4.61. The third kappa shape index (κ3) is 3.14. The molecule has 0 aromatic heterocycles. The van der Waals surface area contributed by atoms with E-state index in [0.29, 0.717) is 31.6 Å². The quantitative estimate of drug-likeness (QED) is 0.922. The number of fused-ring (bicyclic) bond motifs is 1. The lowest BCUT2D eigenvalue weighted by Gasteiger charge is -2.33. The SMILES string of the molecule is O=C(O)CN(C(=O)c1ccc2c(c1)CCC2)C1CCOCC1. The Hall–Kier alpha value is -1.88. The second-order valence-electron chi connectivity index (χ2n) is 6.01. The molecule has 22 heavy (non-hydrogen) atoms. The van der Waals surface area contributed by atoms with Gasteiger partial charge in [0.1, 0.15) is 6.54 Å². The van der Waals surface area contributed by atoms with Gasteiger partial charge >= 0.3 is 5.97 Å². The summed E-state index contributed by atoms with van der Waals surface area (Å²) in [4.78, 5) is 25.5. The molecule has 5 nitrogen and oxygen atoms in total. The van der Waals surface area contributed by atoms with Crippen molar-refractivity contribution in [2.45, 2.75) is 38.1 Å². The molecule has 0 bridgehead atoms. The van der Waals surface area contributed by atoms with Gasteiger partial charge in [0.2, 0.25) is 0 Å². The Bertz CT molecular complexity index is 578. The smallest absolute Gasteiger partial charge is 0.323 e. The van der Waals surface area contributed by atoms with E-state index in [1.807, 2.05) is 18.2 Å². The van der Waals surface area contributed by atoms with Gasteiger partial charge in [0.15, 0.2) is 0 Å². The van der Waals surface area contributed by atoms with Crippen molar-refractivity contribution < 1.29 is 19.4 Å². The van der Waals surface area contributed by atoms with Crippen molar-refractivity contribution in [3.8, 4) is 0 Å². The zero-order valence-electron chi connectivity index (χ0n) is 12.6. The number of carboxylic acid groups (broad SMARTS) is 1. The number of ether oxygens (including phenoxy) is 1. The molecule has 1 aromatic carbocycles. The summed E-state index contributed by atoms with van der Waals surface area (Å²) in [5, 5.41) is 9.14. The Morgan fingerprint density at radius 1 is 1.18 bits per heavy atom. The van der Waals surface area contributed by atoms with Crippen LogP contribution in [0.1, 0.15) is 40.7 Å². The molecule has 118 valence electrons. The number of hydrogen-bond acceptors (Lipinski definition) is 3. The molecule has 1 N–H and O–H groups in total. The van der Waals surface area contributed by atoms with E-state index in [9.17, 15) is 9.59 Å². The van der Waals surface area contributed by atoms with Crippen LogP contribution in [0.15, 0.2) is 18.2 Å². The second kappa shape index (κ2) is 6.48. The predicted octanol–water partition coefficient (Wildman–Crippen LogP) is 1.88. The summed E-state index contributed by atoms with van der Waals surface area (Å²) in [5.74, 6) is -1.15. The van der Waals surface area contributed by atoms with Gasteiger partial charge < -0.3 is 14.7 Å². The number of benzene rings is 1. The molecule has 1 aliphatic carbocycles. The van der Waals surface area contributed by atoms with Crippen LogP contribution in [0.3, 0.4) is 0 Å². The number of carboxylic acids is 1. The molecule has 0 unspecified atom stereocenters. The fourth-order valence-electron chi connectivity index (χ4n) is 3.38. The van der Waals surface area contributed by atoms with Gasteiger partial charge in [-0.25, -0.2) is 0 Å². The number of amides is 1. The lowest BCUT2D eigenvalue weighted by atomic mass is 10.0. The Morgan fingerprint density at radius 2 is 1.91 bits per heavy atom. The highest BCUT2D eigenvalue weighted by molar-refractivity contribution is 5.96. The average molecular weight is 303 g/mol. The second-order valence-corrected chi connectivity index (χ2v) is 6.01. The van der Waals surface area contributed by atoms with E-state index < -0.39 is 5.97 Å². The molecule has 1 amide bonds. The highest BCUT2D eigenvalue weighted by Crippen LogP contribution is 2.24. The molecule has 0 atom stereocenters. The Kier molecular flexibility index (Phi) is 4.43. The number of aryl methyl sites for hydroxylation is 2. The van der Waals surface area contributed by atoms with Crippen molar-refractivity contribution in [3.63, 3.8) is 0 Å². The molecule has 1 aliphatic heterocycles. The van der Waals surface area contributed by atoms with Crippen molar-refractivity contribution in [1.29, 1.82) is 0 Å². The van der Waals surface area contributed by atoms with Gasteiger partial charge in [-0.05, 0) is 55.4 Å². The Labute approximate surface area is 129 Å². The molecule has 0 spiro atoms. The first-order valence-corrected chi connectivity index (χ1v) is 7.87. The zero-order chi connectivity index (χ0) is 15.5. The van der Waals surface area contributed by atoms with Crippen LogP contribution < -0.4 is 0 Å². The molecule has 2 aliphatic rings. The maximum atomic E-state index is 12.8. The Balaban J connectivity index is 1.82. The van der Waals surface area contributed by atoms with Crippen LogP contribution in [0.5, 0.6) is 0 Å². The molecular formula is C17H21NO4. The molecule has 1 heterocycles. The first-order chi connectivity index (χ1) is 10.6. The minimum Gasteiger partial charge on any atom is -0.480 e. The first-order valence-electron chi connectivity index (χ1n) is 7.87. The lowest BCUT2D eigenvalue weighted by Crippen LogP contribution is -2.46. The molecule has 1 aromatic rings. The third-order valence-corrected chi connectivity index (χ3v) is 4.54. The van der Waals surface area contributed by atoms with E-state index in [0.717, 1.165) is 19.3 Å². The van der Waals surface area contributed by atoms with Gasteiger partial charge in [0.05, 0.1) is 0 Å². The standard InChI is InChI=1S/C17H21NO4/c19-16(20)11-18(15-6-8-22-9-7-15)17(21)14-5-4-12-2-1-3-13(12)10-14/h4-5,10,15H,1-3,6-9,11H2,(H,19,20). The largest absolute Gasteiger partial charge is 0.480 e. The van der Waals surface area contributed by atoms with Crippen molar-refractivity contribution in [2.24, 2.45) is 0 Å². The van der Waals surface area contributed by atoms with Crippen molar-refractivity contribution in [3.05, 3.63) is 34.9 Å². The van der Waals surface area contributed by atoms with E-state index in [1.54, 1.807) is 0 Å². The van der Waals surface area contributed by atoms with Crippen LogP contribution in [0, 0.1) is 0 Å². The number of hydrogen-bond donors (Lipinski definition) is 1. The fourth-order valence-corrected chi connectivity index (χ4v) is 3.38. The predicted molar refractivity (Wildman–Crippen MR) is 81.0 cm³/mol. The highest BCUT2D eigenvalue weighted by Gasteiger charge is 2.28. The molecule has 3 rings (SSSR count). The van der Waals surface area contributed by atoms with Gasteiger partial charge in [-0.15, -0.1) is 0 Å². The topological polar surface area (TPSA) is 66.8 Å². The number of nitrogens with zero attached hydrogens (tertiary/aromatic N) is 1. The lowest BCUT2D eigenvalue weighted by molar-refractivity contribution is -0.138. The monoisotopic (exact) mass is 303 g/mol. The molecule has 5 heteroatoms. The van der Waals surface area contributed by atoms with Gasteiger partial charge in [0, 0.05) is 24.8 Å². The minimum absolute atomic E-state index is 0.0504.